The van der Waals surface area contributed by atoms with E-state index in [2.05, 4.69) is 10.1 Å². The van der Waals surface area contributed by atoms with E-state index in [1.807, 2.05) is 6.92 Å². The summed E-state index contributed by atoms with van der Waals surface area (Å²) in [5, 5.41) is 4.47. The maximum absolute atomic E-state index is 15.1. The molecule has 0 saturated heterocycles. The molecule has 10 nitrogen and oxygen atoms in total. The number of hydrogen-bond acceptors (Lipinski definition) is 7. The lowest BCUT2D eigenvalue weighted by molar-refractivity contribution is 0.0822. The Morgan fingerprint density at radius 2 is 1.70 bits per heavy atom. The van der Waals surface area contributed by atoms with E-state index in [1.165, 1.54) is 21.5 Å². The average Bonchev–Trinajstić information content (AvgIpc) is 3.01. The van der Waals surface area contributed by atoms with E-state index >= 15 is 4.39 Å². The van der Waals surface area contributed by atoms with Crippen molar-refractivity contribution in [3.05, 3.63) is 47.0 Å². The first-order chi connectivity index (χ1) is 15.2. The van der Waals surface area contributed by atoms with Crippen molar-refractivity contribution in [1.82, 2.24) is 19.5 Å². The Bertz CT molecular complexity index is 1450. The van der Waals surface area contributed by atoms with E-state index in [4.69, 9.17) is 0 Å². The Hall–Kier alpha value is -3.06. The molecule has 13 heteroatoms. The van der Waals surface area contributed by atoms with Gasteiger partial charge in [-0.25, -0.2) is 30.7 Å². The van der Waals surface area contributed by atoms with Crippen molar-refractivity contribution in [2.45, 2.75) is 20.3 Å². The number of carbonyl (C=O) groups excluding carboxylic acids is 1. The zero-order valence-corrected chi connectivity index (χ0v) is 20.6. The minimum atomic E-state index is -4.21. The second kappa shape index (κ2) is 8.37. The van der Waals surface area contributed by atoms with Crippen LogP contribution in [0.1, 0.15) is 28.7 Å². The molecule has 1 aromatic carbocycles. The zero-order chi connectivity index (χ0) is 24.9. The number of amides is 1. The van der Waals surface area contributed by atoms with Crippen molar-refractivity contribution in [3.63, 3.8) is 0 Å². The normalized spacial score (nSPS) is 12.2. The fourth-order valence-corrected chi connectivity index (χ4v) is 6.43. The molecule has 33 heavy (non-hydrogen) atoms. The van der Waals surface area contributed by atoms with Crippen molar-refractivity contribution in [2.24, 2.45) is 0 Å². The molecule has 0 spiro atoms. The first kappa shape index (κ1) is 24.6. The quantitative estimate of drug-likeness (QED) is 0.509. The van der Waals surface area contributed by atoms with Crippen LogP contribution in [0.3, 0.4) is 0 Å². The molecule has 0 fully saturated rings. The molecule has 0 saturated carbocycles. The van der Waals surface area contributed by atoms with Crippen molar-refractivity contribution >= 4 is 37.3 Å². The van der Waals surface area contributed by atoms with Gasteiger partial charge in [0, 0.05) is 37.0 Å². The van der Waals surface area contributed by atoms with E-state index in [0.717, 1.165) is 18.6 Å². The second-order valence-electron chi connectivity index (χ2n) is 7.78. The lowest BCUT2D eigenvalue weighted by Crippen LogP contribution is -2.35. The summed E-state index contributed by atoms with van der Waals surface area (Å²) in [5.41, 5.74) is 1.73. The Morgan fingerprint density at radius 1 is 1.09 bits per heavy atom. The summed E-state index contributed by atoms with van der Waals surface area (Å²) in [4.78, 5) is 18.2. The first-order valence-electron chi connectivity index (χ1n) is 9.78. The van der Waals surface area contributed by atoms with Crippen LogP contribution in [0.2, 0.25) is 0 Å². The number of anilines is 1. The highest BCUT2D eigenvalue weighted by Crippen LogP contribution is 2.32. The van der Waals surface area contributed by atoms with E-state index < -0.39 is 25.9 Å². The monoisotopic (exact) mass is 497 g/mol. The highest BCUT2D eigenvalue weighted by molar-refractivity contribution is 8.09. The third-order valence-electron chi connectivity index (χ3n) is 4.90. The number of fused-ring (bicyclic) bond motifs is 1. The van der Waals surface area contributed by atoms with Crippen LogP contribution in [0.4, 0.5) is 10.1 Å². The fourth-order valence-electron chi connectivity index (χ4n) is 3.47. The van der Waals surface area contributed by atoms with Gasteiger partial charge in [0.1, 0.15) is 17.2 Å². The summed E-state index contributed by atoms with van der Waals surface area (Å²) in [6, 6.07) is 4.91. The van der Waals surface area contributed by atoms with Gasteiger partial charge >= 0.3 is 0 Å². The van der Waals surface area contributed by atoms with E-state index in [0.29, 0.717) is 23.3 Å². The second-order valence-corrected chi connectivity index (χ2v) is 11.7. The van der Waals surface area contributed by atoms with Crippen LogP contribution >= 0.6 is 0 Å². The lowest BCUT2D eigenvalue weighted by atomic mass is 10.1. The van der Waals surface area contributed by atoms with Gasteiger partial charge < -0.3 is 4.90 Å². The maximum Gasteiger partial charge on any atom is 0.272 e. The molecule has 0 N–H and O–H groups in total. The minimum Gasteiger partial charge on any atom is -0.343 e. The maximum atomic E-state index is 15.1. The standard InChI is InChI=1S/C20H24FN5O5S2/c1-7-13-11-17(20(27)24(3)4)22-19-12(2)18(23-25(13)19)15-9-8-14(10-16(15)21)26(32(5,28)29)33(6,30)31/h8-11H,7H2,1-6H3. The Labute approximate surface area is 191 Å². The molecular weight excluding hydrogens is 473 g/mol. The molecule has 2 aromatic heterocycles. The molecular formula is C20H24FN5O5S2. The van der Waals surface area contributed by atoms with Crippen LogP contribution in [0, 0.1) is 12.7 Å². The predicted molar refractivity (Wildman–Crippen MR) is 123 cm³/mol. The molecule has 0 atom stereocenters. The third kappa shape index (κ3) is 4.55. The van der Waals surface area contributed by atoms with Gasteiger partial charge in [-0.2, -0.15) is 8.81 Å². The first-order valence-corrected chi connectivity index (χ1v) is 13.5. The molecule has 178 valence electrons. The van der Waals surface area contributed by atoms with Crippen LogP contribution in [0.25, 0.3) is 16.9 Å². The molecule has 2 heterocycles. The molecule has 0 aliphatic heterocycles. The minimum absolute atomic E-state index is 0.0336. The highest BCUT2D eigenvalue weighted by atomic mass is 32.3. The number of sulfonamides is 2. The summed E-state index contributed by atoms with van der Waals surface area (Å²) < 4.78 is 64.8. The summed E-state index contributed by atoms with van der Waals surface area (Å²) >= 11 is 0. The van der Waals surface area contributed by atoms with Crippen LogP contribution in [-0.4, -0.2) is 68.8 Å². The largest absolute Gasteiger partial charge is 0.343 e. The van der Waals surface area contributed by atoms with Gasteiger partial charge in [0.2, 0.25) is 20.0 Å². The van der Waals surface area contributed by atoms with Crippen molar-refractivity contribution in [3.8, 4) is 11.3 Å². The average molecular weight is 498 g/mol. The van der Waals surface area contributed by atoms with Gasteiger partial charge in [0.15, 0.2) is 5.65 Å². The fraction of sp³-hybridized carbons (Fsp3) is 0.350. The van der Waals surface area contributed by atoms with E-state index in [1.54, 1.807) is 27.1 Å². The summed E-state index contributed by atoms with van der Waals surface area (Å²) in [5.74, 6) is -1.15. The summed E-state index contributed by atoms with van der Waals surface area (Å²) in [6.45, 7) is 3.57. The molecule has 0 aliphatic carbocycles. The molecule has 3 aromatic rings. The number of aryl methyl sites for hydroxylation is 2. The van der Waals surface area contributed by atoms with Gasteiger partial charge in [-0.05, 0) is 31.5 Å². The molecule has 3 rings (SSSR count). The van der Waals surface area contributed by atoms with Crippen molar-refractivity contribution in [1.29, 1.82) is 0 Å². The van der Waals surface area contributed by atoms with Gasteiger partial charge in [-0.1, -0.05) is 6.92 Å². The van der Waals surface area contributed by atoms with Crippen LogP contribution in [0.15, 0.2) is 24.3 Å². The van der Waals surface area contributed by atoms with Gasteiger partial charge in [-0.3, -0.25) is 4.79 Å². The molecule has 1 amide bonds. The van der Waals surface area contributed by atoms with Crippen LogP contribution in [-0.2, 0) is 26.5 Å². The van der Waals surface area contributed by atoms with Gasteiger partial charge in [0.25, 0.3) is 5.91 Å². The highest BCUT2D eigenvalue weighted by Gasteiger charge is 2.29. The predicted octanol–water partition coefficient (Wildman–Crippen LogP) is 1.83. The molecule has 0 aliphatic rings. The SMILES string of the molecule is CCc1cc(C(=O)N(C)C)nc2c(C)c(-c3ccc(N(S(C)(=O)=O)S(C)(=O)=O)cc3F)nn12. The number of rotatable bonds is 6. The summed E-state index contributed by atoms with van der Waals surface area (Å²) in [6.07, 6.45) is 1.97. The number of benzene rings is 1. The topological polar surface area (TPSA) is 122 Å². The number of aromatic nitrogens is 3. The third-order valence-corrected chi connectivity index (χ3v) is 8.15. The smallest absolute Gasteiger partial charge is 0.272 e. The Balaban J connectivity index is 2.21. The Kier molecular flexibility index (Phi) is 6.24. The molecule has 0 unspecified atom stereocenters. The zero-order valence-electron chi connectivity index (χ0n) is 19.0. The van der Waals surface area contributed by atoms with Gasteiger partial charge in [0.05, 0.1) is 18.2 Å². The van der Waals surface area contributed by atoms with E-state index in [9.17, 15) is 21.6 Å². The molecule has 0 radical (unpaired) electrons. The van der Waals surface area contributed by atoms with E-state index in [-0.39, 0.29) is 32.3 Å². The van der Waals surface area contributed by atoms with Crippen molar-refractivity contribution in [2.75, 3.05) is 30.3 Å². The number of carbonyl (C=O) groups is 1. The number of hydrogen-bond donors (Lipinski definition) is 0. The lowest BCUT2D eigenvalue weighted by Gasteiger charge is -2.20. The summed E-state index contributed by atoms with van der Waals surface area (Å²) in [7, 11) is -5.20. The number of nitrogens with zero attached hydrogens (tertiary/aromatic N) is 5. The Morgan fingerprint density at radius 3 is 2.18 bits per heavy atom. The van der Waals surface area contributed by atoms with Crippen molar-refractivity contribution < 1.29 is 26.0 Å². The van der Waals surface area contributed by atoms with Crippen LogP contribution < -0.4 is 3.71 Å². The van der Waals surface area contributed by atoms with Crippen LogP contribution in [0.5, 0.6) is 0 Å². The molecule has 0 bridgehead atoms. The number of halogens is 1. The van der Waals surface area contributed by atoms with Gasteiger partial charge in [-0.15, -0.1) is 0 Å².